The van der Waals surface area contributed by atoms with Gasteiger partial charge in [0.1, 0.15) is 18.1 Å². The van der Waals surface area contributed by atoms with Crippen molar-refractivity contribution >= 4 is 6.21 Å². The van der Waals surface area contributed by atoms with Gasteiger partial charge in [0.25, 0.3) is 0 Å². The molecular formula is C21H30N2O3. The summed E-state index contributed by atoms with van der Waals surface area (Å²) in [7, 11) is 0. The van der Waals surface area contributed by atoms with E-state index >= 15 is 0 Å². The van der Waals surface area contributed by atoms with Crippen LogP contribution in [0.4, 0.5) is 0 Å². The van der Waals surface area contributed by atoms with Crippen molar-refractivity contribution in [2.75, 3.05) is 13.2 Å². The molecule has 0 aliphatic heterocycles. The SMILES string of the molecule is CCON=Cc1cc(C)c(OCCCCCCc2cc(C)no2)c(C)c1. The van der Waals surface area contributed by atoms with E-state index in [9.17, 15) is 0 Å². The van der Waals surface area contributed by atoms with Crippen molar-refractivity contribution in [2.45, 2.75) is 59.8 Å². The first-order valence-corrected chi connectivity index (χ1v) is 9.41. The monoisotopic (exact) mass is 358 g/mol. The van der Waals surface area contributed by atoms with Crippen LogP contribution in [0, 0.1) is 20.8 Å². The average molecular weight is 358 g/mol. The second-order valence-corrected chi connectivity index (χ2v) is 6.58. The summed E-state index contributed by atoms with van der Waals surface area (Å²) in [5.41, 5.74) is 4.24. The highest BCUT2D eigenvalue weighted by atomic mass is 16.6. The first kappa shape index (κ1) is 20.0. The van der Waals surface area contributed by atoms with Crippen LogP contribution in [-0.2, 0) is 11.3 Å². The molecule has 0 atom stereocenters. The summed E-state index contributed by atoms with van der Waals surface area (Å²) < 4.78 is 11.2. The van der Waals surface area contributed by atoms with Gasteiger partial charge in [-0.05, 0) is 69.4 Å². The molecule has 0 unspecified atom stereocenters. The second-order valence-electron chi connectivity index (χ2n) is 6.58. The number of nitrogens with zero attached hydrogens (tertiary/aromatic N) is 2. The van der Waals surface area contributed by atoms with Gasteiger partial charge in [-0.1, -0.05) is 23.2 Å². The Hall–Kier alpha value is -2.30. The third kappa shape index (κ3) is 6.54. The molecule has 0 saturated carbocycles. The zero-order valence-corrected chi connectivity index (χ0v) is 16.4. The maximum atomic E-state index is 6.01. The number of ether oxygens (including phenoxy) is 1. The maximum Gasteiger partial charge on any atom is 0.136 e. The third-order valence-electron chi connectivity index (χ3n) is 4.13. The lowest BCUT2D eigenvalue weighted by Crippen LogP contribution is -2.02. The minimum absolute atomic E-state index is 0.577. The summed E-state index contributed by atoms with van der Waals surface area (Å²) in [6, 6.07) is 6.16. The second kappa shape index (κ2) is 10.6. The Balaban J connectivity index is 1.68. The molecule has 0 saturated heterocycles. The van der Waals surface area contributed by atoms with Crippen molar-refractivity contribution in [3.63, 3.8) is 0 Å². The summed E-state index contributed by atoms with van der Waals surface area (Å²) in [5, 5.41) is 7.83. The van der Waals surface area contributed by atoms with E-state index in [1.807, 2.05) is 19.9 Å². The largest absolute Gasteiger partial charge is 0.493 e. The standard InChI is InChI=1S/C21H30N2O3/c1-5-25-22-15-19-12-16(2)21(17(3)13-19)24-11-9-7-6-8-10-20-14-18(4)23-26-20/h12-15H,5-11H2,1-4H3. The summed E-state index contributed by atoms with van der Waals surface area (Å²) >= 11 is 0. The smallest absolute Gasteiger partial charge is 0.136 e. The Morgan fingerprint density at radius 1 is 1.04 bits per heavy atom. The number of aryl methyl sites for hydroxylation is 4. The molecule has 5 heteroatoms. The Morgan fingerprint density at radius 3 is 2.42 bits per heavy atom. The number of aromatic nitrogens is 1. The van der Waals surface area contributed by atoms with E-state index in [1.54, 1.807) is 6.21 Å². The van der Waals surface area contributed by atoms with Crippen LogP contribution in [0.2, 0.25) is 0 Å². The number of hydrogen-bond acceptors (Lipinski definition) is 5. The van der Waals surface area contributed by atoms with Crippen LogP contribution >= 0.6 is 0 Å². The zero-order chi connectivity index (χ0) is 18.8. The van der Waals surface area contributed by atoms with Crippen LogP contribution in [0.25, 0.3) is 0 Å². The minimum atomic E-state index is 0.577. The highest BCUT2D eigenvalue weighted by Gasteiger charge is 2.06. The Labute approximate surface area is 156 Å². The predicted molar refractivity (Wildman–Crippen MR) is 104 cm³/mol. The molecule has 0 N–H and O–H groups in total. The maximum absolute atomic E-state index is 6.01. The fraction of sp³-hybridized carbons (Fsp3) is 0.524. The molecular weight excluding hydrogens is 328 g/mol. The molecule has 1 aromatic heterocycles. The molecule has 0 bridgehead atoms. The van der Waals surface area contributed by atoms with Gasteiger partial charge in [0.15, 0.2) is 0 Å². The van der Waals surface area contributed by atoms with Crippen molar-refractivity contribution < 1.29 is 14.1 Å². The molecule has 0 aliphatic carbocycles. The first-order chi connectivity index (χ1) is 12.6. The van der Waals surface area contributed by atoms with E-state index in [1.165, 1.54) is 6.42 Å². The zero-order valence-electron chi connectivity index (χ0n) is 16.4. The summed E-state index contributed by atoms with van der Waals surface area (Å²) in [5.74, 6) is 1.97. The van der Waals surface area contributed by atoms with Crippen LogP contribution < -0.4 is 4.74 Å². The van der Waals surface area contributed by atoms with E-state index in [0.717, 1.165) is 66.2 Å². The molecule has 0 fully saturated rings. The number of unbranched alkanes of at least 4 members (excludes halogenated alkanes) is 3. The van der Waals surface area contributed by atoms with E-state index in [4.69, 9.17) is 14.1 Å². The van der Waals surface area contributed by atoms with Crippen molar-refractivity contribution in [2.24, 2.45) is 5.16 Å². The predicted octanol–water partition coefficient (Wildman–Crippen LogP) is 5.15. The quantitative estimate of drug-likeness (QED) is 0.316. The van der Waals surface area contributed by atoms with Gasteiger partial charge in [0.2, 0.25) is 0 Å². The fourth-order valence-corrected chi connectivity index (χ4v) is 2.92. The molecule has 0 aliphatic rings. The molecule has 5 nitrogen and oxygen atoms in total. The van der Waals surface area contributed by atoms with Gasteiger partial charge in [-0.15, -0.1) is 0 Å². The summed E-state index contributed by atoms with van der Waals surface area (Å²) in [6.45, 7) is 9.33. The number of oxime groups is 1. The lowest BCUT2D eigenvalue weighted by Gasteiger charge is -2.13. The van der Waals surface area contributed by atoms with Gasteiger partial charge in [-0.2, -0.15) is 0 Å². The van der Waals surface area contributed by atoms with Crippen LogP contribution in [-0.4, -0.2) is 24.6 Å². The van der Waals surface area contributed by atoms with Crippen LogP contribution in [0.3, 0.4) is 0 Å². The van der Waals surface area contributed by atoms with E-state index < -0.39 is 0 Å². The highest BCUT2D eigenvalue weighted by Crippen LogP contribution is 2.24. The molecule has 1 heterocycles. The molecule has 2 rings (SSSR count). The van der Waals surface area contributed by atoms with Gasteiger partial charge < -0.3 is 14.1 Å². The fourth-order valence-electron chi connectivity index (χ4n) is 2.92. The Morgan fingerprint density at radius 2 is 1.77 bits per heavy atom. The van der Waals surface area contributed by atoms with Crippen molar-refractivity contribution in [1.82, 2.24) is 5.16 Å². The molecule has 26 heavy (non-hydrogen) atoms. The van der Waals surface area contributed by atoms with Crippen molar-refractivity contribution in [3.05, 3.63) is 46.3 Å². The molecule has 0 spiro atoms. The molecule has 142 valence electrons. The van der Waals surface area contributed by atoms with Gasteiger partial charge >= 0.3 is 0 Å². The van der Waals surface area contributed by atoms with E-state index in [0.29, 0.717) is 6.61 Å². The van der Waals surface area contributed by atoms with Crippen LogP contribution in [0.1, 0.15) is 60.8 Å². The first-order valence-electron chi connectivity index (χ1n) is 9.41. The summed E-state index contributed by atoms with van der Waals surface area (Å²) in [6.07, 6.45) is 7.22. The highest BCUT2D eigenvalue weighted by molar-refractivity contribution is 5.80. The topological polar surface area (TPSA) is 56.9 Å². The normalized spacial score (nSPS) is 11.2. The average Bonchev–Trinajstić information content (AvgIpc) is 3.01. The molecule has 2 aromatic rings. The number of benzene rings is 1. The van der Waals surface area contributed by atoms with E-state index in [2.05, 4.69) is 36.3 Å². The van der Waals surface area contributed by atoms with E-state index in [-0.39, 0.29) is 0 Å². The Bertz CT molecular complexity index is 684. The molecule has 0 amide bonds. The molecule has 0 radical (unpaired) electrons. The third-order valence-corrected chi connectivity index (χ3v) is 4.13. The lowest BCUT2D eigenvalue weighted by atomic mass is 10.1. The number of hydrogen-bond donors (Lipinski definition) is 0. The van der Waals surface area contributed by atoms with Gasteiger partial charge in [-0.25, -0.2) is 0 Å². The number of rotatable bonds is 11. The Kier molecular flexibility index (Phi) is 8.19. The molecule has 1 aromatic carbocycles. The van der Waals surface area contributed by atoms with Gasteiger partial charge in [0.05, 0.1) is 18.5 Å². The van der Waals surface area contributed by atoms with Crippen LogP contribution in [0.5, 0.6) is 5.75 Å². The van der Waals surface area contributed by atoms with Crippen molar-refractivity contribution in [1.29, 1.82) is 0 Å². The minimum Gasteiger partial charge on any atom is -0.493 e. The van der Waals surface area contributed by atoms with Crippen LogP contribution in [0.15, 0.2) is 27.9 Å². The van der Waals surface area contributed by atoms with Gasteiger partial charge in [-0.3, -0.25) is 0 Å². The van der Waals surface area contributed by atoms with Crippen molar-refractivity contribution in [3.8, 4) is 5.75 Å². The summed E-state index contributed by atoms with van der Waals surface area (Å²) in [4.78, 5) is 5.02. The van der Waals surface area contributed by atoms with Gasteiger partial charge in [0, 0.05) is 12.5 Å². The lowest BCUT2D eigenvalue weighted by molar-refractivity contribution is 0.160.